The van der Waals surface area contributed by atoms with E-state index in [0.29, 0.717) is 20.9 Å². The van der Waals surface area contributed by atoms with Gasteiger partial charge >= 0.3 is 0 Å². The summed E-state index contributed by atoms with van der Waals surface area (Å²) in [6.45, 7) is 21.7. The van der Waals surface area contributed by atoms with Gasteiger partial charge < -0.3 is 0 Å². The van der Waals surface area contributed by atoms with Gasteiger partial charge in [-0.1, -0.05) is 90.1 Å². The molecule has 0 fully saturated rings. The monoisotopic (exact) mass is 332 g/mol. The zero-order valence-corrected chi connectivity index (χ0v) is 17.2. The molecular weight excluding hydrogens is 305 g/mol. The summed E-state index contributed by atoms with van der Waals surface area (Å²) in [5.74, 6) is 0. The Kier molecular flexibility index (Phi) is 3.95. The Bertz CT molecular complexity index is 445. The Morgan fingerprint density at radius 1 is 0.842 bits per heavy atom. The summed E-state index contributed by atoms with van der Waals surface area (Å²) in [6, 6.07) is 0. The topological polar surface area (TPSA) is 0 Å². The highest BCUT2D eigenvalue weighted by Crippen LogP contribution is 2.90. The van der Waals surface area contributed by atoms with Gasteiger partial charge in [-0.05, 0) is 21.3 Å². The molecule has 0 N–H and O–H groups in total. The molecule has 2 unspecified atom stereocenters. The number of hydrogen-bond donors (Lipinski definition) is 0. The van der Waals surface area contributed by atoms with Crippen LogP contribution in [0.5, 0.6) is 0 Å². The maximum absolute atomic E-state index is 2.45. The van der Waals surface area contributed by atoms with Crippen LogP contribution in [0.25, 0.3) is 0 Å². The van der Waals surface area contributed by atoms with Crippen molar-refractivity contribution in [1.82, 2.24) is 0 Å². The summed E-state index contributed by atoms with van der Waals surface area (Å²) < 4.78 is 2.25. The zero-order chi connectivity index (χ0) is 14.9. The second kappa shape index (κ2) is 4.56. The van der Waals surface area contributed by atoms with Gasteiger partial charge in [-0.3, -0.25) is 0 Å². The first-order valence-corrected chi connectivity index (χ1v) is 11.5. The Morgan fingerprint density at radius 2 is 1.37 bits per heavy atom. The first-order chi connectivity index (χ1) is 8.29. The molecule has 4 heteroatoms. The van der Waals surface area contributed by atoms with Crippen LogP contribution in [0.15, 0.2) is 0 Å². The molecule has 19 heavy (non-hydrogen) atoms. The molecule has 2 rings (SSSR count). The Balaban J connectivity index is 2.45. The molecule has 0 aromatic rings. The summed E-state index contributed by atoms with van der Waals surface area (Å²) in [7, 11) is 3.28. The van der Waals surface area contributed by atoms with Crippen molar-refractivity contribution in [2.24, 2.45) is 16.2 Å². The van der Waals surface area contributed by atoms with Gasteiger partial charge in [0.25, 0.3) is 0 Å². The van der Waals surface area contributed by atoms with E-state index in [-0.39, 0.29) is 7.12 Å². The van der Waals surface area contributed by atoms with Crippen LogP contribution < -0.4 is 0 Å². The van der Waals surface area contributed by atoms with E-state index in [1.54, 1.807) is 21.0 Å². The highest BCUT2D eigenvalue weighted by molar-refractivity contribution is 8.75. The molecule has 0 saturated heterocycles. The normalized spacial score (nSPS) is 33.2. The van der Waals surface area contributed by atoms with Crippen molar-refractivity contribution in [3.63, 3.8) is 0 Å². The SMILES string of the molecule is CC(C)(C)C1=PC2(C(C)(C)C)P=C(C(C)(C)C)P2S1. The summed E-state index contributed by atoms with van der Waals surface area (Å²) in [6.07, 6.45) is 0. The molecule has 0 nitrogen and oxygen atoms in total. The number of hydrogen-bond acceptors (Lipinski definition) is 1. The average Bonchev–Trinajstić information content (AvgIpc) is 2.36. The van der Waals surface area contributed by atoms with Crippen molar-refractivity contribution < 1.29 is 0 Å². The minimum Gasteiger partial charge on any atom is -0.0909 e. The van der Waals surface area contributed by atoms with E-state index in [1.165, 1.54) is 0 Å². The third-order valence-corrected chi connectivity index (χ3v) is 18.4. The fraction of sp³-hybridized carbons (Fsp3) is 0.867. The molecule has 2 atom stereocenters. The van der Waals surface area contributed by atoms with E-state index in [1.807, 2.05) is 5.03 Å². The molecule has 0 aliphatic carbocycles. The lowest BCUT2D eigenvalue weighted by atomic mass is 9.99. The molecule has 2 aliphatic rings. The van der Waals surface area contributed by atoms with Crippen LogP contribution >= 0.6 is 34.9 Å². The van der Waals surface area contributed by atoms with Crippen molar-refractivity contribution in [3.05, 3.63) is 0 Å². The van der Waals surface area contributed by atoms with Crippen LogP contribution in [0.2, 0.25) is 0 Å². The third kappa shape index (κ3) is 2.63. The minimum atomic E-state index is -0.00148. The van der Waals surface area contributed by atoms with Gasteiger partial charge in [-0.2, -0.15) is 0 Å². The van der Waals surface area contributed by atoms with Gasteiger partial charge in [-0.15, -0.1) is 0 Å². The Morgan fingerprint density at radius 3 is 1.74 bits per heavy atom. The van der Waals surface area contributed by atoms with Crippen LogP contribution in [0, 0.1) is 16.2 Å². The fourth-order valence-corrected chi connectivity index (χ4v) is 18.0. The lowest BCUT2D eigenvalue weighted by Gasteiger charge is -2.52. The van der Waals surface area contributed by atoms with Crippen molar-refractivity contribution in [3.8, 4) is 0 Å². The lowest BCUT2D eigenvalue weighted by Crippen LogP contribution is -2.39. The van der Waals surface area contributed by atoms with Crippen molar-refractivity contribution in [2.45, 2.75) is 67.0 Å². The van der Waals surface area contributed by atoms with Gasteiger partial charge in [0.2, 0.25) is 0 Å². The number of rotatable bonds is 0. The van der Waals surface area contributed by atoms with Crippen LogP contribution in [0.4, 0.5) is 0 Å². The van der Waals surface area contributed by atoms with Gasteiger partial charge in [0.1, 0.15) is 0 Å². The largest absolute Gasteiger partial charge is 0.0927 e. The van der Waals surface area contributed by atoms with Crippen LogP contribution in [-0.2, 0) is 0 Å². The Hall–Kier alpha value is 1.12. The van der Waals surface area contributed by atoms with Crippen molar-refractivity contribution in [1.29, 1.82) is 0 Å². The molecule has 0 amide bonds. The van der Waals surface area contributed by atoms with E-state index in [9.17, 15) is 0 Å². The zero-order valence-electron chi connectivity index (χ0n) is 13.7. The molecule has 2 aliphatic heterocycles. The summed E-state index contributed by atoms with van der Waals surface area (Å²) >= 11 is 2.25. The van der Waals surface area contributed by atoms with Crippen molar-refractivity contribution >= 4 is 44.6 Å². The van der Waals surface area contributed by atoms with E-state index in [4.69, 9.17) is 0 Å². The first-order valence-electron chi connectivity index (χ1n) is 6.98. The third-order valence-electron chi connectivity index (χ3n) is 3.49. The van der Waals surface area contributed by atoms with Crippen LogP contribution in [-0.4, -0.2) is 14.3 Å². The minimum absolute atomic E-state index is 0.00148. The van der Waals surface area contributed by atoms with E-state index in [0.717, 1.165) is 0 Å². The van der Waals surface area contributed by atoms with Gasteiger partial charge in [0, 0.05) is 11.7 Å². The average molecular weight is 332 g/mol. The molecule has 108 valence electrons. The predicted octanol–water partition coefficient (Wildman–Crippen LogP) is 7.09. The molecule has 0 bridgehead atoms. The molecule has 0 aromatic carbocycles. The number of fused-ring (bicyclic) bond motifs is 1. The predicted molar refractivity (Wildman–Crippen MR) is 99.5 cm³/mol. The van der Waals surface area contributed by atoms with Gasteiger partial charge in [-0.25, -0.2) is 0 Å². The van der Waals surface area contributed by atoms with E-state index in [2.05, 4.69) is 73.7 Å². The van der Waals surface area contributed by atoms with Crippen LogP contribution in [0.3, 0.4) is 0 Å². The standard InChI is InChI=1S/C15H27P3S/c1-12(2,3)10-16-15(14(7,8)9)17-11(13(4,5)6)19-18(10)15/h1-9H3. The molecule has 2 heterocycles. The van der Waals surface area contributed by atoms with Crippen LogP contribution in [0.1, 0.15) is 62.3 Å². The maximum atomic E-state index is 2.45. The van der Waals surface area contributed by atoms with Crippen molar-refractivity contribution in [2.75, 3.05) is 0 Å². The smallest absolute Gasteiger partial charge is 0.0909 e. The Labute approximate surface area is 128 Å². The van der Waals surface area contributed by atoms with Gasteiger partial charge in [0.15, 0.2) is 0 Å². The quantitative estimate of drug-likeness (QED) is 0.427. The lowest BCUT2D eigenvalue weighted by molar-refractivity contribution is 0.432. The highest BCUT2D eigenvalue weighted by Gasteiger charge is 2.61. The van der Waals surface area contributed by atoms with E-state index < -0.39 is 0 Å². The second-order valence-electron chi connectivity index (χ2n) is 8.62. The summed E-state index contributed by atoms with van der Waals surface area (Å²) in [5.41, 5.74) is 1.15. The fourth-order valence-electron chi connectivity index (χ4n) is 2.18. The molecule has 0 radical (unpaired) electrons. The molecule has 0 aromatic heterocycles. The summed E-state index contributed by atoms with van der Waals surface area (Å²) in [4.78, 5) is 0. The maximum Gasteiger partial charge on any atom is 0.0927 e. The second-order valence-corrected chi connectivity index (χ2v) is 17.0. The first kappa shape index (κ1) is 16.5. The summed E-state index contributed by atoms with van der Waals surface area (Å²) in [5, 5.41) is 1.83. The van der Waals surface area contributed by atoms with Gasteiger partial charge in [0.05, 0.1) is 4.64 Å². The molecule has 0 saturated carbocycles. The molecular formula is C15H27P3S. The van der Waals surface area contributed by atoms with E-state index >= 15 is 0 Å². The highest BCUT2D eigenvalue weighted by atomic mass is 32.7. The molecule has 0 spiro atoms.